The fourth-order valence-electron chi connectivity index (χ4n) is 4.31. The van der Waals surface area contributed by atoms with E-state index in [0.717, 1.165) is 44.3 Å². The zero-order chi connectivity index (χ0) is 18.6. The van der Waals surface area contributed by atoms with Crippen LogP contribution in [-0.2, 0) is 0 Å². The van der Waals surface area contributed by atoms with E-state index >= 15 is 0 Å². The van der Waals surface area contributed by atoms with Crippen molar-refractivity contribution in [2.75, 3.05) is 32.8 Å². The first-order valence-corrected chi connectivity index (χ1v) is 9.66. The number of rotatable bonds is 5. The molecule has 0 spiro atoms. The van der Waals surface area contributed by atoms with E-state index in [1.54, 1.807) is 0 Å². The standard InChI is InChI=1S/C20H31N3O3/c1-20(9-13-22(14-10-20)19(25)26)23-11-7-17(8-12-23)21-18(15-24)16-5-3-2-4-6-16/h2-6,17-18,21,24H,7-15H2,1H3,(H,25,26)/t18-/m0/s1. The monoisotopic (exact) mass is 361 g/mol. The molecule has 1 aromatic rings. The Morgan fingerprint density at radius 3 is 2.35 bits per heavy atom. The minimum atomic E-state index is -0.800. The van der Waals surface area contributed by atoms with Gasteiger partial charge >= 0.3 is 6.09 Å². The summed E-state index contributed by atoms with van der Waals surface area (Å²) < 4.78 is 0. The second-order valence-corrected chi connectivity index (χ2v) is 7.84. The van der Waals surface area contributed by atoms with Crippen LogP contribution in [0.2, 0.25) is 0 Å². The van der Waals surface area contributed by atoms with Gasteiger partial charge < -0.3 is 20.4 Å². The maximum absolute atomic E-state index is 11.1. The molecule has 6 heteroatoms. The van der Waals surface area contributed by atoms with E-state index in [4.69, 9.17) is 5.11 Å². The molecule has 2 aliphatic heterocycles. The molecule has 0 unspecified atom stereocenters. The van der Waals surface area contributed by atoms with Gasteiger partial charge in [0.15, 0.2) is 0 Å². The van der Waals surface area contributed by atoms with Crippen molar-refractivity contribution < 1.29 is 15.0 Å². The predicted octanol–water partition coefficient (Wildman–Crippen LogP) is 2.31. The molecule has 2 fully saturated rings. The van der Waals surface area contributed by atoms with Crippen LogP contribution in [0.1, 0.15) is 44.2 Å². The molecule has 26 heavy (non-hydrogen) atoms. The second-order valence-electron chi connectivity index (χ2n) is 7.84. The van der Waals surface area contributed by atoms with E-state index in [9.17, 15) is 9.90 Å². The van der Waals surface area contributed by atoms with Crippen LogP contribution in [-0.4, -0.2) is 70.5 Å². The van der Waals surface area contributed by atoms with Gasteiger partial charge in [-0.25, -0.2) is 4.79 Å². The molecule has 0 bridgehead atoms. The van der Waals surface area contributed by atoms with Gasteiger partial charge in [0.2, 0.25) is 0 Å². The molecule has 0 aromatic heterocycles. The number of nitrogens with one attached hydrogen (secondary N) is 1. The van der Waals surface area contributed by atoms with Gasteiger partial charge in [-0.2, -0.15) is 0 Å². The van der Waals surface area contributed by atoms with E-state index < -0.39 is 6.09 Å². The van der Waals surface area contributed by atoms with Crippen molar-refractivity contribution in [1.29, 1.82) is 0 Å². The highest BCUT2D eigenvalue weighted by Gasteiger charge is 2.38. The third kappa shape index (κ3) is 4.37. The van der Waals surface area contributed by atoms with Crippen molar-refractivity contribution in [2.45, 2.75) is 50.2 Å². The summed E-state index contributed by atoms with van der Waals surface area (Å²) in [4.78, 5) is 15.2. The maximum atomic E-state index is 11.1. The molecule has 1 aromatic carbocycles. The quantitative estimate of drug-likeness (QED) is 0.750. The maximum Gasteiger partial charge on any atom is 0.407 e. The first-order valence-electron chi connectivity index (χ1n) is 9.66. The lowest BCUT2D eigenvalue weighted by molar-refractivity contribution is 0.0163. The zero-order valence-electron chi connectivity index (χ0n) is 15.6. The minimum Gasteiger partial charge on any atom is -0.465 e. The third-order valence-corrected chi connectivity index (χ3v) is 6.19. The van der Waals surface area contributed by atoms with Crippen molar-refractivity contribution in [3.8, 4) is 0 Å². The molecular formula is C20H31N3O3. The molecule has 3 N–H and O–H groups in total. The Kier molecular flexibility index (Phi) is 6.16. The van der Waals surface area contributed by atoms with Gasteiger partial charge in [0.25, 0.3) is 0 Å². The van der Waals surface area contributed by atoms with E-state index in [-0.39, 0.29) is 18.2 Å². The highest BCUT2D eigenvalue weighted by atomic mass is 16.4. The molecule has 0 radical (unpaired) electrons. The van der Waals surface area contributed by atoms with Crippen LogP contribution in [0.3, 0.4) is 0 Å². The SMILES string of the molecule is CC1(N2CCC(N[C@@H](CO)c3ccccc3)CC2)CCN(C(=O)O)CC1. The molecule has 1 amide bonds. The number of carbonyl (C=O) groups is 1. The largest absolute Gasteiger partial charge is 0.465 e. The average Bonchev–Trinajstić information content (AvgIpc) is 2.67. The summed E-state index contributed by atoms with van der Waals surface area (Å²) in [5.74, 6) is 0. The number of hydrogen-bond acceptors (Lipinski definition) is 4. The summed E-state index contributed by atoms with van der Waals surface area (Å²) in [5.41, 5.74) is 1.23. The smallest absolute Gasteiger partial charge is 0.407 e. The Morgan fingerprint density at radius 2 is 1.81 bits per heavy atom. The average molecular weight is 361 g/mol. The number of hydrogen-bond donors (Lipinski definition) is 3. The number of amides is 1. The molecule has 2 aliphatic rings. The summed E-state index contributed by atoms with van der Waals surface area (Å²) in [6.07, 6.45) is 3.12. The van der Waals surface area contributed by atoms with E-state index in [0.29, 0.717) is 19.1 Å². The zero-order valence-corrected chi connectivity index (χ0v) is 15.6. The highest BCUT2D eigenvalue weighted by molar-refractivity contribution is 5.65. The predicted molar refractivity (Wildman–Crippen MR) is 101 cm³/mol. The van der Waals surface area contributed by atoms with Crippen LogP contribution in [0.5, 0.6) is 0 Å². The Labute approximate surface area is 155 Å². The number of piperidine rings is 2. The van der Waals surface area contributed by atoms with E-state index in [1.807, 2.05) is 18.2 Å². The number of aliphatic hydroxyl groups is 1. The van der Waals surface area contributed by atoms with Crippen LogP contribution < -0.4 is 5.32 Å². The molecule has 2 saturated heterocycles. The second kappa shape index (κ2) is 8.37. The minimum absolute atomic E-state index is 0.0119. The molecule has 144 valence electrons. The molecule has 6 nitrogen and oxygen atoms in total. The van der Waals surface area contributed by atoms with Gasteiger partial charge in [0.05, 0.1) is 12.6 Å². The molecule has 2 heterocycles. The van der Waals surface area contributed by atoms with Gasteiger partial charge in [0, 0.05) is 37.8 Å². The number of likely N-dealkylation sites (tertiary alicyclic amines) is 2. The Balaban J connectivity index is 1.50. The first-order chi connectivity index (χ1) is 12.5. The van der Waals surface area contributed by atoms with Gasteiger partial charge in [-0.3, -0.25) is 4.90 Å². The Hall–Kier alpha value is -1.63. The summed E-state index contributed by atoms with van der Waals surface area (Å²) in [5, 5.41) is 22.5. The van der Waals surface area contributed by atoms with E-state index in [2.05, 4.69) is 29.3 Å². The van der Waals surface area contributed by atoms with Crippen molar-refractivity contribution in [3.05, 3.63) is 35.9 Å². The molecular weight excluding hydrogens is 330 g/mol. The molecule has 0 saturated carbocycles. The Morgan fingerprint density at radius 1 is 1.19 bits per heavy atom. The molecule has 1 atom stereocenters. The van der Waals surface area contributed by atoms with Crippen LogP contribution in [0.4, 0.5) is 4.79 Å². The number of carboxylic acid groups (broad SMARTS) is 1. The van der Waals surface area contributed by atoms with Gasteiger partial charge in [-0.15, -0.1) is 0 Å². The summed E-state index contributed by atoms with van der Waals surface area (Å²) in [7, 11) is 0. The summed E-state index contributed by atoms with van der Waals surface area (Å²) in [6, 6.07) is 10.5. The van der Waals surface area contributed by atoms with Gasteiger partial charge in [-0.05, 0) is 38.2 Å². The lowest BCUT2D eigenvalue weighted by atomic mass is 9.85. The topological polar surface area (TPSA) is 76.0 Å². The first kappa shape index (κ1) is 19.1. The summed E-state index contributed by atoms with van der Waals surface area (Å²) in [6.45, 7) is 5.69. The molecule has 3 rings (SSSR count). The molecule has 0 aliphatic carbocycles. The van der Waals surface area contributed by atoms with Gasteiger partial charge in [0.1, 0.15) is 0 Å². The lowest BCUT2D eigenvalue weighted by Gasteiger charge is -2.49. The fourth-order valence-corrected chi connectivity index (χ4v) is 4.31. The van der Waals surface area contributed by atoms with Crippen molar-refractivity contribution in [2.24, 2.45) is 0 Å². The normalized spacial score (nSPS) is 22.9. The number of nitrogens with zero attached hydrogens (tertiary/aromatic N) is 2. The van der Waals surface area contributed by atoms with Crippen LogP contribution >= 0.6 is 0 Å². The summed E-state index contributed by atoms with van der Waals surface area (Å²) >= 11 is 0. The van der Waals surface area contributed by atoms with Crippen molar-refractivity contribution >= 4 is 6.09 Å². The fraction of sp³-hybridized carbons (Fsp3) is 0.650. The number of benzene rings is 1. The Bertz CT molecular complexity index is 579. The lowest BCUT2D eigenvalue weighted by Crippen LogP contribution is -2.57. The van der Waals surface area contributed by atoms with Crippen molar-refractivity contribution in [3.63, 3.8) is 0 Å². The van der Waals surface area contributed by atoms with Crippen molar-refractivity contribution in [1.82, 2.24) is 15.1 Å². The van der Waals surface area contributed by atoms with Gasteiger partial charge in [-0.1, -0.05) is 30.3 Å². The third-order valence-electron chi connectivity index (χ3n) is 6.19. The highest BCUT2D eigenvalue weighted by Crippen LogP contribution is 2.31. The number of aliphatic hydroxyl groups excluding tert-OH is 1. The van der Waals surface area contributed by atoms with Crippen LogP contribution in [0.15, 0.2) is 30.3 Å². The van der Waals surface area contributed by atoms with E-state index in [1.165, 1.54) is 4.90 Å². The van der Waals surface area contributed by atoms with Crippen LogP contribution in [0, 0.1) is 0 Å². The van der Waals surface area contributed by atoms with Crippen LogP contribution in [0.25, 0.3) is 0 Å².